The number of carbonyl (C=O) groups excluding carboxylic acids is 2. The van der Waals surface area contributed by atoms with E-state index in [1.54, 1.807) is 0 Å². The van der Waals surface area contributed by atoms with Gasteiger partial charge >= 0.3 is 5.97 Å². The highest BCUT2D eigenvalue weighted by atomic mass is 16.5. The Morgan fingerprint density at radius 1 is 1.00 bits per heavy atom. The second kappa shape index (κ2) is 13.7. The Morgan fingerprint density at radius 3 is 2.50 bits per heavy atom. The van der Waals surface area contributed by atoms with Crippen LogP contribution in [0.2, 0.25) is 0 Å². The number of esters is 1. The van der Waals surface area contributed by atoms with Crippen molar-refractivity contribution in [2.75, 3.05) is 39.9 Å². The van der Waals surface area contributed by atoms with E-state index in [4.69, 9.17) is 4.74 Å². The molecule has 1 N–H and O–H groups in total. The van der Waals surface area contributed by atoms with Crippen LogP contribution in [-0.2, 0) is 16.1 Å². The van der Waals surface area contributed by atoms with Crippen LogP contribution in [0.4, 0.5) is 0 Å². The first kappa shape index (κ1) is 26.5. The summed E-state index contributed by atoms with van der Waals surface area (Å²) < 4.78 is 12.8. The van der Waals surface area contributed by atoms with Crippen LogP contribution in [0.15, 0.2) is 24.3 Å². The third-order valence-corrected chi connectivity index (χ3v) is 7.76. The molecule has 7 heteroatoms. The number of aryl methyl sites for hydroxylation is 1. The Morgan fingerprint density at radius 2 is 1.72 bits per heavy atom. The summed E-state index contributed by atoms with van der Waals surface area (Å²) in [6, 6.07) is 8.13. The van der Waals surface area contributed by atoms with Crippen LogP contribution >= 0.6 is 0 Å². The molecule has 7 nitrogen and oxygen atoms in total. The van der Waals surface area contributed by atoms with Gasteiger partial charge in [0, 0.05) is 24.9 Å². The molecule has 2 aliphatic heterocycles. The fraction of sp³-hybridized carbons (Fsp3) is 0.655. The second-order valence-corrected chi connectivity index (χ2v) is 10.3. The van der Waals surface area contributed by atoms with Crippen LogP contribution in [0.5, 0.6) is 5.88 Å². The first-order chi connectivity index (χ1) is 17.7. The van der Waals surface area contributed by atoms with Crippen LogP contribution in [-0.4, -0.2) is 61.2 Å². The monoisotopic (exact) mass is 497 g/mol. The summed E-state index contributed by atoms with van der Waals surface area (Å²) in [6.45, 7) is 5.75. The minimum atomic E-state index is -0.0935. The summed E-state index contributed by atoms with van der Waals surface area (Å²) in [5.74, 6) is 1.18. The number of aromatic nitrogens is 1. The van der Waals surface area contributed by atoms with Crippen molar-refractivity contribution >= 4 is 22.8 Å². The molecule has 1 fully saturated rings. The molecule has 0 bridgehead atoms. The van der Waals surface area contributed by atoms with Crippen LogP contribution < -0.4 is 10.1 Å². The van der Waals surface area contributed by atoms with Gasteiger partial charge in [-0.05, 0) is 63.7 Å². The first-order valence-electron chi connectivity index (χ1n) is 14.0. The minimum Gasteiger partial charge on any atom is -0.478 e. The van der Waals surface area contributed by atoms with Gasteiger partial charge in [-0.15, -0.1) is 0 Å². The zero-order chi connectivity index (χ0) is 25.2. The molecule has 0 saturated carbocycles. The molecule has 0 radical (unpaired) electrons. The number of rotatable bonds is 13. The lowest BCUT2D eigenvalue weighted by atomic mass is 9.96. The smallest absolute Gasteiger partial charge is 0.305 e. The molecule has 1 saturated heterocycles. The number of hydrogen-bond donors (Lipinski definition) is 1. The summed E-state index contributed by atoms with van der Waals surface area (Å²) in [4.78, 5) is 26.9. The van der Waals surface area contributed by atoms with Gasteiger partial charge < -0.3 is 24.3 Å². The summed E-state index contributed by atoms with van der Waals surface area (Å²) in [5.41, 5.74) is 1.79. The van der Waals surface area contributed by atoms with Crippen molar-refractivity contribution in [1.29, 1.82) is 0 Å². The number of nitrogens with zero attached hydrogens (tertiary/aromatic N) is 2. The summed E-state index contributed by atoms with van der Waals surface area (Å²) in [5, 5.41) is 4.21. The van der Waals surface area contributed by atoms with E-state index in [0.717, 1.165) is 75.1 Å². The number of piperidine rings is 1. The highest BCUT2D eigenvalue weighted by Gasteiger charge is 2.27. The van der Waals surface area contributed by atoms with E-state index in [0.29, 0.717) is 24.5 Å². The number of hydrogen-bond acceptors (Lipinski definition) is 5. The van der Waals surface area contributed by atoms with Crippen molar-refractivity contribution in [2.45, 2.75) is 77.2 Å². The standard InChI is InChI=1S/C29H43N3O4/c1-35-26(33)14-7-5-3-2-4-6-10-17-31-19-15-23(16-20-31)22-30-28(34)27-24-12-8-9-13-25(24)32-18-11-21-36-29(27)32/h8-9,12-13,23H,2-7,10-11,14-22H2,1H3,(H,30,34). The van der Waals surface area contributed by atoms with Crippen LogP contribution in [0.25, 0.3) is 10.9 Å². The number of ether oxygens (including phenoxy) is 2. The molecule has 3 heterocycles. The van der Waals surface area contributed by atoms with Gasteiger partial charge in [-0.25, -0.2) is 0 Å². The molecule has 2 aliphatic rings. The molecule has 0 spiro atoms. The quantitative estimate of drug-likeness (QED) is 0.306. The van der Waals surface area contributed by atoms with Gasteiger partial charge in [0.1, 0.15) is 5.56 Å². The molecule has 0 aliphatic carbocycles. The van der Waals surface area contributed by atoms with E-state index in [-0.39, 0.29) is 11.9 Å². The number of fused-ring (bicyclic) bond motifs is 3. The van der Waals surface area contributed by atoms with Gasteiger partial charge in [0.25, 0.3) is 5.91 Å². The molecule has 1 aromatic carbocycles. The highest BCUT2D eigenvalue weighted by Crippen LogP contribution is 2.34. The first-order valence-corrected chi connectivity index (χ1v) is 14.0. The maximum absolute atomic E-state index is 13.2. The molecule has 1 amide bonds. The zero-order valence-corrected chi connectivity index (χ0v) is 21.9. The third-order valence-electron chi connectivity index (χ3n) is 7.76. The Kier molecular flexibility index (Phi) is 10.1. The topological polar surface area (TPSA) is 72.8 Å². The van der Waals surface area contributed by atoms with E-state index in [1.165, 1.54) is 45.8 Å². The number of unbranched alkanes of at least 4 members (excludes halogenated alkanes) is 6. The van der Waals surface area contributed by atoms with Crippen LogP contribution in [0.1, 0.15) is 81.0 Å². The SMILES string of the molecule is COC(=O)CCCCCCCCCN1CCC(CNC(=O)c2c3n(c4ccccc24)CCCO3)CC1. The van der Waals surface area contributed by atoms with Crippen molar-refractivity contribution in [3.63, 3.8) is 0 Å². The largest absolute Gasteiger partial charge is 0.478 e. The van der Waals surface area contributed by atoms with E-state index in [1.807, 2.05) is 18.2 Å². The van der Waals surface area contributed by atoms with Crippen molar-refractivity contribution in [3.05, 3.63) is 29.8 Å². The Balaban J connectivity index is 1.11. The van der Waals surface area contributed by atoms with Crippen molar-refractivity contribution in [3.8, 4) is 5.88 Å². The van der Waals surface area contributed by atoms with Gasteiger partial charge in [-0.3, -0.25) is 9.59 Å². The van der Waals surface area contributed by atoms with Crippen molar-refractivity contribution in [2.24, 2.45) is 5.92 Å². The van der Waals surface area contributed by atoms with E-state index >= 15 is 0 Å². The average Bonchev–Trinajstić information content (AvgIpc) is 3.26. The molecule has 4 rings (SSSR count). The van der Waals surface area contributed by atoms with Crippen LogP contribution in [0, 0.1) is 5.92 Å². The van der Waals surface area contributed by atoms with E-state index in [9.17, 15) is 9.59 Å². The van der Waals surface area contributed by atoms with Crippen LogP contribution in [0.3, 0.4) is 0 Å². The van der Waals surface area contributed by atoms with Gasteiger partial charge in [0.2, 0.25) is 5.88 Å². The van der Waals surface area contributed by atoms with Gasteiger partial charge in [-0.2, -0.15) is 0 Å². The number of nitrogens with one attached hydrogen (secondary N) is 1. The lowest BCUT2D eigenvalue weighted by molar-refractivity contribution is -0.140. The zero-order valence-electron chi connectivity index (χ0n) is 21.9. The molecule has 36 heavy (non-hydrogen) atoms. The maximum Gasteiger partial charge on any atom is 0.305 e. The Bertz CT molecular complexity index is 994. The fourth-order valence-electron chi connectivity index (χ4n) is 5.59. The summed E-state index contributed by atoms with van der Waals surface area (Å²) in [6.07, 6.45) is 12.2. The minimum absolute atomic E-state index is 0.00502. The predicted octanol–water partition coefficient (Wildman–Crippen LogP) is 5.16. The highest BCUT2D eigenvalue weighted by molar-refractivity contribution is 6.09. The summed E-state index contributed by atoms with van der Waals surface area (Å²) >= 11 is 0. The number of carbonyl (C=O) groups is 2. The van der Waals surface area contributed by atoms with E-state index in [2.05, 4.69) is 25.6 Å². The van der Waals surface area contributed by atoms with Gasteiger partial charge in [-0.1, -0.05) is 50.3 Å². The predicted molar refractivity (Wildman–Crippen MR) is 142 cm³/mol. The Hall–Kier alpha value is -2.54. The van der Waals surface area contributed by atoms with E-state index < -0.39 is 0 Å². The molecular weight excluding hydrogens is 454 g/mol. The lowest BCUT2D eigenvalue weighted by Crippen LogP contribution is -2.39. The second-order valence-electron chi connectivity index (χ2n) is 10.3. The van der Waals surface area contributed by atoms with Gasteiger partial charge in [0.15, 0.2) is 0 Å². The number of likely N-dealkylation sites (tertiary alicyclic amines) is 1. The number of amides is 1. The molecule has 0 atom stereocenters. The van der Waals surface area contributed by atoms with Gasteiger partial charge in [0.05, 0.1) is 19.2 Å². The average molecular weight is 498 g/mol. The third kappa shape index (κ3) is 7.02. The lowest BCUT2D eigenvalue weighted by Gasteiger charge is -2.32. The maximum atomic E-state index is 13.2. The number of methoxy groups -OCH3 is 1. The number of benzene rings is 1. The van der Waals surface area contributed by atoms with Crippen molar-refractivity contribution in [1.82, 2.24) is 14.8 Å². The molecular formula is C29H43N3O4. The normalized spacial score (nSPS) is 16.5. The molecule has 198 valence electrons. The van der Waals surface area contributed by atoms with Crippen molar-refractivity contribution < 1.29 is 19.1 Å². The molecule has 2 aromatic rings. The number of para-hydroxylation sites is 1. The molecule has 0 unspecified atom stereocenters. The Labute approximate surface area is 215 Å². The fourth-order valence-corrected chi connectivity index (χ4v) is 5.59. The molecule has 1 aromatic heterocycles. The summed E-state index contributed by atoms with van der Waals surface area (Å²) in [7, 11) is 1.45.